The Hall–Kier alpha value is -2.96. The molecule has 1 fully saturated rings. The van der Waals surface area contributed by atoms with Gasteiger partial charge in [0.25, 0.3) is 11.8 Å². The molecule has 3 rings (SSSR count). The normalized spacial score (nSPS) is 22.5. The van der Waals surface area contributed by atoms with Gasteiger partial charge in [-0.25, -0.2) is 4.79 Å². The van der Waals surface area contributed by atoms with Crippen LogP contribution in [0.1, 0.15) is 36.0 Å². The van der Waals surface area contributed by atoms with Crippen LogP contribution in [0.15, 0.2) is 36.4 Å². The topological polar surface area (TPSA) is 104 Å². The molecule has 7 nitrogen and oxygen atoms in total. The van der Waals surface area contributed by atoms with Crippen LogP contribution >= 0.6 is 0 Å². The van der Waals surface area contributed by atoms with Gasteiger partial charge in [-0.3, -0.25) is 19.3 Å². The number of amides is 3. The van der Waals surface area contributed by atoms with Crippen molar-refractivity contribution >= 4 is 29.4 Å². The van der Waals surface area contributed by atoms with Crippen molar-refractivity contribution in [2.45, 2.75) is 25.7 Å². The summed E-state index contributed by atoms with van der Waals surface area (Å²) in [4.78, 5) is 47.7. The highest BCUT2D eigenvalue weighted by Gasteiger charge is 2.31. The molecule has 2 N–H and O–H groups in total. The summed E-state index contributed by atoms with van der Waals surface area (Å²) in [5.74, 6) is -1.51. The van der Waals surface area contributed by atoms with Crippen molar-refractivity contribution in [3.63, 3.8) is 0 Å². The highest BCUT2D eigenvalue weighted by Crippen LogP contribution is 2.30. The molecule has 3 amide bonds. The number of anilines is 1. The number of carboxylic acids is 1. The maximum Gasteiger partial charge on any atom is 0.335 e. The summed E-state index contributed by atoms with van der Waals surface area (Å²) in [5, 5.41) is 11.7. The van der Waals surface area contributed by atoms with E-state index in [2.05, 4.69) is 5.32 Å². The van der Waals surface area contributed by atoms with Gasteiger partial charge >= 0.3 is 5.97 Å². The molecule has 1 heterocycles. The number of hydrogen-bond acceptors (Lipinski definition) is 4. The van der Waals surface area contributed by atoms with Crippen molar-refractivity contribution in [1.82, 2.24) is 4.90 Å². The van der Waals surface area contributed by atoms with Crippen molar-refractivity contribution in [3.8, 4) is 0 Å². The molecule has 1 saturated carbocycles. The molecule has 2 aliphatic rings. The van der Waals surface area contributed by atoms with Gasteiger partial charge in [-0.1, -0.05) is 0 Å². The Bertz CT molecular complexity index is 743. The van der Waals surface area contributed by atoms with Crippen molar-refractivity contribution < 1.29 is 24.3 Å². The fourth-order valence-corrected chi connectivity index (χ4v) is 3.42. The average molecular weight is 356 g/mol. The lowest BCUT2D eigenvalue weighted by molar-refractivity contribution is -0.138. The van der Waals surface area contributed by atoms with Gasteiger partial charge in [0.05, 0.1) is 5.56 Å². The number of rotatable bonds is 5. The van der Waals surface area contributed by atoms with Crippen LogP contribution in [-0.2, 0) is 14.4 Å². The maximum absolute atomic E-state index is 12.4. The Balaban J connectivity index is 1.48. The van der Waals surface area contributed by atoms with E-state index in [1.165, 1.54) is 29.2 Å². The SMILES string of the molecule is O=C(O)c1ccc(NC(=O)[C@H]2CC[C@H](CN3C(=O)C=CC3=O)CC2)cc1. The first-order chi connectivity index (χ1) is 12.4. The van der Waals surface area contributed by atoms with Crippen LogP contribution < -0.4 is 5.32 Å². The van der Waals surface area contributed by atoms with E-state index in [1.807, 2.05) is 0 Å². The summed E-state index contributed by atoms with van der Waals surface area (Å²) < 4.78 is 0. The molecule has 0 unspecified atom stereocenters. The number of hydrogen-bond donors (Lipinski definition) is 2. The molecule has 0 aromatic heterocycles. The first kappa shape index (κ1) is 17.8. The molecule has 0 radical (unpaired) electrons. The molecule has 0 bridgehead atoms. The fourth-order valence-electron chi connectivity index (χ4n) is 3.42. The Morgan fingerprint density at radius 1 is 1.00 bits per heavy atom. The number of carboxylic acid groups (broad SMARTS) is 1. The van der Waals surface area contributed by atoms with Crippen LogP contribution in [0, 0.1) is 11.8 Å². The minimum Gasteiger partial charge on any atom is -0.478 e. The molecule has 0 atom stereocenters. The van der Waals surface area contributed by atoms with Gasteiger partial charge in [0.1, 0.15) is 0 Å². The van der Waals surface area contributed by atoms with E-state index in [0.717, 1.165) is 12.8 Å². The van der Waals surface area contributed by atoms with Crippen LogP contribution in [0.25, 0.3) is 0 Å². The molecular weight excluding hydrogens is 336 g/mol. The third kappa shape index (κ3) is 3.99. The summed E-state index contributed by atoms with van der Waals surface area (Å²) in [7, 11) is 0. The lowest BCUT2D eigenvalue weighted by Gasteiger charge is -2.30. The van der Waals surface area contributed by atoms with E-state index in [-0.39, 0.29) is 35.1 Å². The highest BCUT2D eigenvalue weighted by atomic mass is 16.4. The third-order valence-electron chi connectivity index (χ3n) is 4.96. The summed E-state index contributed by atoms with van der Waals surface area (Å²) in [6.45, 7) is 0.412. The number of carbonyl (C=O) groups excluding carboxylic acids is 3. The molecule has 1 aromatic rings. The van der Waals surface area contributed by atoms with Crippen molar-refractivity contribution in [2.75, 3.05) is 11.9 Å². The lowest BCUT2D eigenvalue weighted by Crippen LogP contribution is -2.37. The van der Waals surface area contributed by atoms with Gasteiger partial charge in [-0.15, -0.1) is 0 Å². The second kappa shape index (κ2) is 7.51. The van der Waals surface area contributed by atoms with Crippen LogP contribution in [0.2, 0.25) is 0 Å². The number of imide groups is 1. The second-order valence-electron chi connectivity index (χ2n) is 6.71. The molecule has 1 aromatic carbocycles. The molecular formula is C19H20N2O5. The third-order valence-corrected chi connectivity index (χ3v) is 4.96. The summed E-state index contributed by atoms with van der Waals surface area (Å²) in [5.41, 5.74) is 0.741. The van der Waals surface area contributed by atoms with Gasteiger partial charge in [0.2, 0.25) is 5.91 Å². The minimum atomic E-state index is -1.01. The van der Waals surface area contributed by atoms with Gasteiger partial charge in [-0.2, -0.15) is 0 Å². The first-order valence-corrected chi connectivity index (χ1v) is 8.62. The molecule has 1 aliphatic heterocycles. The van der Waals surface area contributed by atoms with E-state index in [9.17, 15) is 19.2 Å². The van der Waals surface area contributed by atoms with Gasteiger partial charge in [0, 0.05) is 30.3 Å². The van der Waals surface area contributed by atoms with Crippen LogP contribution in [-0.4, -0.2) is 40.2 Å². The Kier molecular flexibility index (Phi) is 5.16. The number of nitrogens with zero attached hydrogens (tertiary/aromatic N) is 1. The zero-order valence-electron chi connectivity index (χ0n) is 14.2. The van der Waals surface area contributed by atoms with Gasteiger partial charge in [0.15, 0.2) is 0 Å². The number of benzene rings is 1. The zero-order chi connectivity index (χ0) is 18.7. The largest absolute Gasteiger partial charge is 0.478 e. The standard InChI is InChI=1S/C19H20N2O5/c22-16-9-10-17(23)21(16)11-12-1-3-13(4-2-12)18(24)20-15-7-5-14(6-8-15)19(25)26/h5-10,12-13H,1-4,11H2,(H,20,24)(H,25,26)/t12-,13-. The summed E-state index contributed by atoms with van der Waals surface area (Å²) in [6.07, 6.45) is 5.55. The highest BCUT2D eigenvalue weighted by molar-refractivity contribution is 6.12. The van der Waals surface area contributed by atoms with Crippen molar-refractivity contribution in [2.24, 2.45) is 11.8 Å². The van der Waals surface area contributed by atoms with Crippen LogP contribution in [0.3, 0.4) is 0 Å². The Morgan fingerprint density at radius 2 is 1.58 bits per heavy atom. The molecule has 136 valence electrons. The minimum absolute atomic E-state index is 0.0819. The van der Waals surface area contributed by atoms with E-state index < -0.39 is 5.97 Å². The monoisotopic (exact) mass is 356 g/mol. The van der Waals surface area contributed by atoms with Crippen LogP contribution in [0.5, 0.6) is 0 Å². The average Bonchev–Trinajstić information content (AvgIpc) is 2.94. The van der Waals surface area contributed by atoms with E-state index >= 15 is 0 Å². The molecule has 26 heavy (non-hydrogen) atoms. The lowest BCUT2D eigenvalue weighted by atomic mass is 9.81. The van der Waals surface area contributed by atoms with E-state index in [4.69, 9.17) is 5.11 Å². The summed E-state index contributed by atoms with van der Waals surface area (Å²) in [6, 6.07) is 6.05. The maximum atomic E-state index is 12.4. The van der Waals surface area contributed by atoms with Gasteiger partial charge < -0.3 is 10.4 Å². The molecule has 7 heteroatoms. The number of aromatic carboxylic acids is 1. The van der Waals surface area contributed by atoms with E-state index in [1.54, 1.807) is 12.1 Å². The molecule has 1 aliphatic carbocycles. The smallest absolute Gasteiger partial charge is 0.335 e. The van der Waals surface area contributed by atoms with Crippen molar-refractivity contribution in [3.05, 3.63) is 42.0 Å². The Morgan fingerprint density at radius 3 is 2.12 bits per heavy atom. The number of nitrogens with one attached hydrogen (secondary N) is 1. The van der Waals surface area contributed by atoms with E-state index in [0.29, 0.717) is 25.1 Å². The van der Waals surface area contributed by atoms with Gasteiger partial charge in [-0.05, 0) is 55.9 Å². The fraction of sp³-hybridized carbons (Fsp3) is 0.368. The predicted octanol–water partition coefficient (Wildman–Crippen LogP) is 2.05. The second-order valence-corrected chi connectivity index (χ2v) is 6.71. The number of carbonyl (C=O) groups is 4. The quantitative estimate of drug-likeness (QED) is 0.786. The first-order valence-electron chi connectivity index (χ1n) is 8.62. The zero-order valence-corrected chi connectivity index (χ0v) is 14.2. The Labute approximate surface area is 150 Å². The van der Waals surface area contributed by atoms with Crippen molar-refractivity contribution in [1.29, 1.82) is 0 Å². The predicted molar refractivity (Wildman–Crippen MR) is 93.3 cm³/mol. The van der Waals surface area contributed by atoms with Crippen LogP contribution in [0.4, 0.5) is 5.69 Å². The molecule has 0 saturated heterocycles. The molecule has 0 spiro atoms. The summed E-state index contributed by atoms with van der Waals surface area (Å²) >= 11 is 0.